The van der Waals surface area contributed by atoms with Crippen LogP contribution in [0.5, 0.6) is 0 Å². The monoisotopic (exact) mass is 414 g/mol. The lowest BCUT2D eigenvalue weighted by molar-refractivity contribution is -0.121. The molecule has 2 aromatic carbocycles. The minimum atomic E-state index is -3.40. The lowest BCUT2D eigenvalue weighted by Crippen LogP contribution is -2.38. The molecule has 0 saturated carbocycles. The van der Waals surface area contributed by atoms with Crippen LogP contribution in [0.3, 0.4) is 0 Å². The summed E-state index contributed by atoms with van der Waals surface area (Å²) in [5.74, 6) is 0.504. The van der Waals surface area contributed by atoms with Crippen molar-refractivity contribution in [2.24, 2.45) is 5.92 Å². The first kappa shape index (κ1) is 21.5. The lowest BCUT2D eigenvalue weighted by atomic mass is 9.93. The van der Waals surface area contributed by atoms with E-state index in [4.69, 9.17) is 0 Å². The second-order valence-electron chi connectivity index (χ2n) is 7.64. The third kappa shape index (κ3) is 6.41. The molecule has 0 aliphatic carbocycles. The molecule has 1 N–H and O–H groups in total. The van der Waals surface area contributed by atoms with Crippen molar-refractivity contribution in [2.75, 3.05) is 19.6 Å². The molecule has 1 heterocycles. The van der Waals surface area contributed by atoms with Crippen molar-refractivity contribution in [3.05, 3.63) is 66.2 Å². The molecule has 1 aliphatic rings. The van der Waals surface area contributed by atoms with Crippen LogP contribution in [0.25, 0.3) is 0 Å². The second kappa shape index (κ2) is 10.6. The number of nitrogens with one attached hydrogen (secondary N) is 1. The zero-order chi connectivity index (χ0) is 20.5. The van der Waals surface area contributed by atoms with Crippen LogP contribution in [0, 0.1) is 5.92 Å². The van der Waals surface area contributed by atoms with Gasteiger partial charge in [0, 0.05) is 26.1 Å². The summed E-state index contributed by atoms with van der Waals surface area (Å²) < 4.78 is 26.9. The van der Waals surface area contributed by atoms with E-state index in [0.717, 1.165) is 32.1 Å². The highest BCUT2D eigenvalue weighted by atomic mass is 32.2. The van der Waals surface area contributed by atoms with Crippen molar-refractivity contribution in [3.63, 3.8) is 0 Å². The molecule has 0 spiro atoms. The number of nitrogens with zero attached hydrogens (tertiary/aromatic N) is 1. The standard InChI is InChI=1S/C23H30N2O3S/c26-23(24-17-7-10-20-8-3-1-4-9-20)14-13-21-15-18-25(19-16-21)29(27,28)22-11-5-2-6-12-22/h1-6,8-9,11-12,21H,7,10,13-19H2,(H,24,26). The lowest BCUT2D eigenvalue weighted by Gasteiger charge is -2.31. The molecule has 1 saturated heterocycles. The molecule has 3 rings (SSSR count). The molecule has 6 heteroatoms. The van der Waals surface area contributed by atoms with Gasteiger partial charge in [-0.3, -0.25) is 4.79 Å². The molecule has 0 unspecified atom stereocenters. The third-order valence-electron chi connectivity index (χ3n) is 5.54. The molecule has 29 heavy (non-hydrogen) atoms. The molecular weight excluding hydrogens is 384 g/mol. The van der Waals surface area contributed by atoms with Gasteiger partial charge in [0.1, 0.15) is 0 Å². The van der Waals surface area contributed by atoms with Crippen LogP contribution in [-0.4, -0.2) is 38.3 Å². The van der Waals surface area contributed by atoms with E-state index in [1.807, 2.05) is 24.3 Å². The Kier molecular flexibility index (Phi) is 7.83. The van der Waals surface area contributed by atoms with Crippen molar-refractivity contribution in [1.29, 1.82) is 0 Å². The van der Waals surface area contributed by atoms with E-state index in [9.17, 15) is 13.2 Å². The van der Waals surface area contributed by atoms with Crippen LogP contribution >= 0.6 is 0 Å². The first-order chi connectivity index (χ1) is 14.1. The Balaban J connectivity index is 1.33. The Morgan fingerprint density at radius 3 is 2.24 bits per heavy atom. The fourth-order valence-electron chi connectivity index (χ4n) is 3.77. The van der Waals surface area contributed by atoms with Crippen LogP contribution in [0.15, 0.2) is 65.6 Å². The Morgan fingerprint density at radius 1 is 0.966 bits per heavy atom. The van der Waals surface area contributed by atoms with Gasteiger partial charge in [-0.1, -0.05) is 48.5 Å². The highest BCUT2D eigenvalue weighted by molar-refractivity contribution is 7.89. The molecule has 2 aromatic rings. The summed E-state index contributed by atoms with van der Waals surface area (Å²) in [6, 6.07) is 18.9. The molecular formula is C23H30N2O3S. The number of amides is 1. The Morgan fingerprint density at radius 2 is 1.59 bits per heavy atom. The first-order valence-corrected chi connectivity index (χ1v) is 11.9. The minimum absolute atomic E-state index is 0.0948. The van der Waals surface area contributed by atoms with E-state index in [-0.39, 0.29) is 5.91 Å². The predicted molar refractivity (Wildman–Crippen MR) is 115 cm³/mol. The van der Waals surface area contributed by atoms with Gasteiger partial charge < -0.3 is 5.32 Å². The molecule has 1 fully saturated rings. The van der Waals surface area contributed by atoms with Gasteiger partial charge >= 0.3 is 0 Å². The fourth-order valence-corrected chi connectivity index (χ4v) is 5.26. The van der Waals surface area contributed by atoms with E-state index < -0.39 is 10.0 Å². The third-order valence-corrected chi connectivity index (χ3v) is 7.45. The number of benzene rings is 2. The van der Waals surface area contributed by atoms with Crippen LogP contribution in [-0.2, 0) is 21.2 Å². The van der Waals surface area contributed by atoms with Crippen LogP contribution in [0.1, 0.15) is 37.7 Å². The van der Waals surface area contributed by atoms with E-state index in [0.29, 0.717) is 36.9 Å². The number of carbonyl (C=O) groups is 1. The number of piperidine rings is 1. The summed E-state index contributed by atoms with van der Waals surface area (Å²) in [5.41, 5.74) is 1.29. The van der Waals surface area contributed by atoms with Gasteiger partial charge in [-0.25, -0.2) is 8.42 Å². The highest BCUT2D eigenvalue weighted by Gasteiger charge is 2.29. The molecule has 0 bridgehead atoms. The van der Waals surface area contributed by atoms with Gasteiger partial charge in [0.05, 0.1) is 4.90 Å². The van der Waals surface area contributed by atoms with Gasteiger partial charge in [0.15, 0.2) is 0 Å². The number of sulfonamides is 1. The van der Waals surface area contributed by atoms with Gasteiger partial charge in [0.2, 0.25) is 15.9 Å². The number of rotatable bonds is 9. The summed E-state index contributed by atoms with van der Waals surface area (Å²) >= 11 is 0. The molecule has 0 radical (unpaired) electrons. The molecule has 5 nitrogen and oxygen atoms in total. The van der Waals surface area contributed by atoms with Crippen LogP contribution in [0.4, 0.5) is 0 Å². The summed E-state index contributed by atoms with van der Waals surface area (Å²) in [6.45, 7) is 1.75. The number of hydrogen-bond donors (Lipinski definition) is 1. The number of aryl methyl sites for hydroxylation is 1. The Bertz CT molecular complexity index is 862. The van der Waals surface area contributed by atoms with Crippen LogP contribution in [0.2, 0.25) is 0 Å². The predicted octanol–water partition coefficient (Wildman–Crippen LogP) is 3.62. The maximum atomic E-state index is 12.7. The average molecular weight is 415 g/mol. The summed E-state index contributed by atoms with van der Waals surface area (Å²) in [7, 11) is -3.40. The SMILES string of the molecule is O=C(CCC1CCN(S(=O)(=O)c2ccccc2)CC1)NCCCc1ccccc1. The van der Waals surface area contributed by atoms with Gasteiger partial charge in [-0.2, -0.15) is 4.31 Å². The average Bonchev–Trinajstić information content (AvgIpc) is 2.77. The Hall–Kier alpha value is -2.18. The number of carbonyl (C=O) groups excluding carboxylic acids is 1. The normalized spacial score (nSPS) is 15.9. The van der Waals surface area contributed by atoms with Gasteiger partial charge in [-0.05, 0) is 55.7 Å². The van der Waals surface area contributed by atoms with E-state index in [1.165, 1.54) is 5.56 Å². The topological polar surface area (TPSA) is 66.5 Å². The van der Waals surface area contributed by atoms with Crippen molar-refractivity contribution in [2.45, 2.75) is 43.4 Å². The maximum absolute atomic E-state index is 12.7. The van der Waals surface area contributed by atoms with Gasteiger partial charge in [0.25, 0.3) is 0 Å². The van der Waals surface area contributed by atoms with Crippen molar-refractivity contribution >= 4 is 15.9 Å². The quantitative estimate of drug-likeness (QED) is 0.638. The van der Waals surface area contributed by atoms with Crippen molar-refractivity contribution < 1.29 is 13.2 Å². The Labute approximate surface area is 174 Å². The minimum Gasteiger partial charge on any atom is -0.356 e. The zero-order valence-electron chi connectivity index (χ0n) is 16.8. The zero-order valence-corrected chi connectivity index (χ0v) is 17.6. The largest absolute Gasteiger partial charge is 0.356 e. The van der Waals surface area contributed by atoms with E-state index in [2.05, 4.69) is 17.4 Å². The van der Waals surface area contributed by atoms with Crippen LogP contribution < -0.4 is 5.32 Å². The molecule has 156 valence electrons. The molecule has 1 amide bonds. The highest BCUT2D eigenvalue weighted by Crippen LogP contribution is 2.26. The summed E-state index contributed by atoms with van der Waals surface area (Å²) in [4.78, 5) is 12.4. The molecule has 0 aromatic heterocycles. The maximum Gasteiger partial charge on any atom is 0.243 e. The number of hydrogen-bond acceptors (Lipinski definition) is 3. The molecule has 1 aliphatic heterocycles. The summed E-state index contributed by atoms with van der Waals surface area (Å²) in [6.07, 6.45) is 4.87. The first-order valence-electron chi connectivity index (χ1n) is 10.4. The van der Waals surface area contributed by atoms with Crippen molar-refractivity contribution in [3.8, 4) is 0 Å². The summed E-state index contributed by atoms with van der Waals surface area (Å²) in [5, 5.41) is 3.00. The molecule has 0 atom stereocenters. The fraction of sp³-hybridized carbons (Fsp3) is 0.435. The van der Waals surface area contributed by atoms with Crippen molar-refractivity contribution in [1.82, 2.24) is 9.62 Å². The second-order valence-corrected chi connectivity index (χ2v) is 9.58. The van der Waals surface area contributed by atoms with E-state index >= 15 is 0 Å². The smallest absolute Gasteiger partial charge is 0.243 e. The van der Waals surface area contributed by atoms with E-state index in [1.54, 1.807) is 28.6 Å². The van der Waals surface area contributed by atoms with Gasteiger partial charge in [-0.15, -0.1) is 0 Å².